The number of aromatic nitrogens is 2. The molecule has 2 heterocycles. The molecule has 0 spiro atoms. The lowest BCUT2D eigenvalue weighted by molar-refractivity contribution is -0.0114. The van der Waals surface area contributed by atoms with Crippen LogP contribution >= 0.6 is 0 Å². The predicted molar refractivity (Wildman–Crippen MR) is 56.9 cm³/mol. The van der Waals surface area contributed by atoms with E-state index in [1.54, 1.807) is 0 Å². The van der Waals surface area contributed by atoms with Crippen molar-refractivity contribution >= 4 is 5.91 Å². The molecule has 1 fully saturated rings. The highest BCUT2D eigenvalue weighted by atomic mass is 16.5. The van der Waals surface area contributed by atoms with Gasteiger partial charge in [0.1, 0.15) is 5.60 Å². The summed E-state index contributed by atoms with van der Waals surface area (Å²) < 4.78 is 5.61. The van der Waals surface area contributed by atoms with Crippen molar-refractivity contribution in [2.75, 3.05) is 0 Å². The maximum atomic E-state index is 11.9. The normalized spacial score (nSPS) is 21.9. The van der Waals surface area contributed by atoms with Crippen LogP contribution in [0.3, 0.4) is 0 Å². The molecular formula is C11H15N3O2. The van der Waals surface area contributed by atoms with Gasteiger partial charge in [0, 0.05) is 11.6 Å². The Morgan fingerprint density at radius 3 is 3.00 bits per heavy atom. The number of H-pyrrole nitrogens is 1. The molecular weight excluding hydrogens is 206 g/mol. The second-order valence-corrected chi connectivity index (χ2v) is 4.97. The van der Waals surface area contributed by atoms with Crippen molar-refractivity contribution in [2.24, 2.45) is 0 Å². The third-order valence-corrected chi connectivity index (χ3v) is 3.17. The van der Waals surface area contributed by atoms with E-state index in [1.807, 2.05) is 13.8 Å². The largest absolute Gasteiger partial charge is 0.364 e. The molecule has 2 aliphatic rings. The van der Waals surface area contributed by atoms with Gasteiger partial charge >= 0.3 is 0 Å². The first kappa shape index (κ1) is 9.84. The lowest BCUT2D eigenvalue weighted by Crippen LogP contribution is -2.26. The molecule has 86 valence electrons. The standard InChI is InChI=1S/C11H15N3O2/c1-11(2)9-7(5-16-11)8(13-14-9)10(15)12-6-3-4-6/h6H,3-5H2,1-2H3,(H,12,15)(H,13,14). The molecule has 0 atom stereocenters. The van der Waals surface area contributed by atoms with E-state index >= 15 is 0 Å². The lowest BCUT2D eigenvalue weighted by Gasteiger charge is -2.15. The lowest BCUT2D eigenvalue weighted by atomic mass is 10.0. The Balaban J connectivity index is 1.89. The monoisotopic (exact) mass is 221 g/mol. The van der Waals surface area contributed by atoms with Crippen LogP contribution in [-0.2, 0) is 16.9 Å². The van der Waals surface area contributed by atoms with Crippen LogP contribution in [0.5, 0.6) is 0 Å². The Labute approximate surface area is 93.6 Å². The number of hydrogen-bond donors (Lipinski definition) is 2. The number of fused-ring (bicyclic) bond motifs is 1. The fourth-order valence-corrected chi connectivity index (χ4v) is 2.00. The highest BCUT2D eigenvalue weighted by Crippen LogP contribution is 2.35. The molecule has 1 aliphatic heterocycles. The van der Waals surface area contributed by atoms with Crippen LogP contribution < -0.4 is 5.32 Å². The van der Waals surface area contributed by atoms with Crippen molar-refractivity contribution in [3.63, 3.8) is 0 Å². The second-order valence-electron chi connectivity index (χ2n) is 4.97. The number of aromatic amines is 1. The summed E-state index contributed by atoms with van der Waals surface area (Å²) in [5.41, 5.74) is 1.96. The van der Waals surface area contributed by atoms with Crippen molar-refractivity contribution < 1.29 is 9.53 Å². The molecule has 0 unspecified atom stereocenters. The number of rotatable bonds is 2. The first-order chi connectivity index (χ1) is 7.58. The van der Waals surface area contributed by atoms with E-state index < -0.39 is 0 Å². The first-order valence-corrected chi connectivity index (χ1v) is 5.60. The molecule has 0 aromatic carbocycles. The molecule has 1 amide bonds. The molecule has 1 aromatic heterocycles. The summed E-state index contributed by atoms with van der Waals surface area (Å²) in [5.74, 6) is -0.0821. The van der Waals surface area contributed by atoms with Gasteiger partial charge in [0.05, 0.1) is 12.3 Å². The SMILES string of the molecule is CC1(C)OCc2c(C(=O)NC3CC3)n[nH]c21. The van der Waals surface area contributed by atoms with Gasteiger partial charge in [0.25, 0.3) is 5.91 Å². The smallest absolute Gasteiger partial charge is 0.272 e. The molecule has 16 heavy (non-hydrogen) atoms. The van der Waals surface area contributed by atoms with Crippen LogP contribution in [0.25, 0.3) is 0 Å². The highest BCUT2D eigenvalue weighted by Gasteiger charge is 2.37. The van der Waals surface area contributed by atoms with E-state index in [2.05, 4.69) is 15.5 Å². The Bertz CT molecular complexity index is 446. The third kappa shape index (κ3) is 1.43. The maximum absolute atomic E-state index is 11.9. The maximum Gasteiger partial charge on any atom is 0.272 e. The molecule has 5 heteroatoms. The van der Waals surface area contributed by atoms with Crippen LogP contribution in [0.15, 0.2) is 0 Å². The van der Waals surface area contributed by atoms with Gasteiger partial charge < -0.3 is 10.1 Å². The van der Waals surface area contributed by atoms with Gasteiger partial charge in [-0.1, -0.05) is 0 Å². The first-order valence-electron chi connectivity index (χ1n) is 5.60. The summed E-state index contributed by atoms with van der Waals surface area (Å²) in [6.45, 7) is 4.41. The zero-order chi connectivity index (χ0) is 11.3. The van der Waals surface area contributed by atoms with Gasteiger partial charge in [-0.05, 0) is 26.7 Å². The van der Waals surface area contributed by atoms with Gasteiger partial charge in [-0.2, -0.15) is 5.10 Å². The summed E-state index contributed by atoms with van der Waals surface area (Å²) in [4.78, 5) is 11.9. The minimum atomic E-state index is -0.361. The minimum absolute atomic E-state index is 0.0821. The van der Waals surface area contributed by atoms with Crippen LogP contribution in [0.1, 0.15) is 48.4 Å². The summed E-state index contributed by atoms with van der Waals surface area (Å²) in [6, 6.07) is 0.357. The van der Waals surface area contributed by atoms with Crippen LogP contribution in [0.4, 0.5) is 0 Å². The van der Waals surface area contributed by atoms with Gasteiger partial charge in [0.15, 0.2) is 5.69 Å². The number of carbonyl (C=O) groups is 1. The van der Waals surface area contributed by atoms with Crippen molar-refractivity contribution in [1.82, 2.24) is 15.5 Å². The molecule has 1 aromatic rings. The zero-order valence-electron chi connectivity index (χ0n) is 9.46. The van der Waals surface area contributed by atoms with E-state index in [0.29, 0.717) is 18.3 Å². The fraction of sp³-hybridized carbons (Fsp3) is 0.636. The number of carbonyl (C=O) groups excluding carboxylic acids is 1. The van der Waals surface area contributed by atoms with Crippen molar-refractivity contribution in [2.45, 2.75) is 44.9 Å². The van der Waals surface area contributed by atoms with Gasteiger partial charge in [0.2, 0.25) is 0 Å². The molecule has 2 N–H and O–H groups in total. The molecule has 3 rings (SSSR count). The fourth-order valence-electron chi connectivity index (χ4n) is 2.00. The number of ether oxygens (including phenoxy) is 1. The second kappa shape index (κ2) is 3.07. The van der Waals surface area contributed by atoms with Crippen LogP contribution in [0.2, 0.25) is 0 Å². The summed E-state index contributed by atoms with van der Waals surface area (Å²) in [6.07, 6.45) is 2.17. The van der Waals surface area contributed by atoms with Crippen LogP contribution in [0, 0.1) is 0 Å². The predicted octanol–water partition coefficient (Wildman–Crippen LogP) is 1.07. The highest BCUT2D eigenvalue weighted by molar-refractivity contribution is 5.94. The summed E-state index contributed by atoms with van der Waals surface area (Å²) in [7, 11) is 0. The number of nitrogens with zero attached hydrogens (tertiary/aromatic N) is 1. The van der Waals surface area contributed by atoms with Crippen molar-refractivity contribution in [1.29, 1.82) is 0 Å². The topological polar surface area (TPSA) is 67.0 Å². The molecule has 0 bridgehead atoms. The minimum Gasteiger partial charge on any atom is -0.364 e. The van der Waals surface area contributed by atoms with Crippen molar-refractivity contribution in [3.05, 3.63) is 17.0 Å². The molecule has 1 saturated carbocycles. The Hall–Kier alpha value is -1.36. The van der Waals surface area contributed by atoms with E-state index in [-0.39, 0.29) is 11.5 Å². The van der Waals surface area contributed by atoms with E-state index in [9.17, 15) is 4.79 Å². The van der Waals surface area contributed by atoms with E-state index in [4.69, 9.17) is 4.74 Å². The number of nitrogens with one attached hydrogen (secondary N) is 2. The van der Waals surface area contributed by atoms with Crippen LogP contribution in [-0.4, -0.2) is 22.1 Å². The van der Waals surface area contributed by atoms with Crippen molar-refractivity contribution in [3.8, 4) is 0 Å². The summed E-state index contributed by atoms with van der Waals surface area (Å²) >= 11 is 0. The number of hydrogen-bond acceptors (Lipinski definition) is 3. The molecule has 1 aliphatic carbocycles. The quantitative estimate of drug-likeness (QED) is 0.785. The molecule has 5 nitrogen and oxygen atoms in total. The van der Waals surface area contributed by atoms with E-state index in [0.717, 1.165) is 24.1 Å². The molecule has 0 saturated heterocycles. The zero-order valence-corrected chi connectivity index (χ0v) is 9.46. The number of amides is 1. The Morgan fingerprint density at radius 2 is 2.31 bits per heavy atom. The Kier molecular flexibility index (Phi) is 1.89. The van der Waals surface area contributed by atoms with Gasteiger partial charge in [-0.25, -0.2) is 0 Å². The van der Waals surface area contributed by atoms with Gasteiger partial charge in [-0.15, -0.1) is 0 Å². The third-order valence-electron chi connectivity index (χ3n) is 3.17. The van der Waals surface area contributed by atoms with Gasteiger partial charge in [-0.3, -0.25) is 9.89 Å². The molecule has 0 radical (unpaired) electrons. The average molecular weight is 221 g/mol. The van der Waals surface area contributed by atoms with E-state index in [1.165, 1.54) is 0 Å². The Morgan fingerprint density at radius 1 is 1.56 bits per heavy atom. The average Bonchev–Trinajstić information content (AvgIpc) is 2.82. The summed E-state index contributed by atoms with van der Waals surface area (Å²) in [5, 5.41) is 9.95.